The molecule has 0 aromatic rings. The van der Waals surface area contributed by atoms with Gasteiger partial charge in [0.05, 0.1) is 25.4 Å². The number of carbonyl (C=O) groups is 1. The van der Waals surface area contributed by atoms with Crippen LogP contribution in [0.4, 0.5) is 0 Å². The molecule has 408 valence electrons. The highest BCUT2D eigenvalue weighted by Gasteiger charge is 2.44. The van der Waals surface area contributed by atoms with E-state index in [9.17, 15) is 35.4 Å². The molecule has 0 aliphatic carbocycles. The van der Waals surface area contributed by atoms with Crippen LogP contribution in [0.3, 0.4) is 0 Å². The molecule has 0 radical (unpaired) electrons. The Labute approximate surface area is 424 Å². The third-order valence-electron chi connectivity index (χ3n) is 14.4. The Morgan fingerprint density at radius 1 is 0.493 bits per heavy atom. The smallest absolute Gasteiger partial charge is 0.249 e. The number of nitrogens with one attached hydrogen (secondary N) is 1. The maximum Gasteiger partial charge on any atom is 0.249 e. The van der Waals surface area contributed by atoms with Crippen LogP contribution in [0.15, 0.2) is 24.3 Å². The van der Waals surface area contributed by atoms with Crippen molar-refractivity contribution in [2.75, 3.05) is 13.2 Å². The molecule has 0 saturated carbocycles. The molecule has 10 heteroatoms. The molecule has 69 heavy (non-hydrogen) atoms. The van der Waals surface area contributed by atoms with Gasteiger partial charge in [-0.25, -0.2) is 0 Å². The summed E-state index contributed by atoms with van der Waals surface area (Å²) in [5.74, 6) is -0.613. The van der Waals surface area contributed by atoms with Crippen molar-refractivity contribution in [3.63, 3.8) is 0 Å². The molecule has 10 nitrogen and oxygen atoms in total. The summed E-state index contributed by atoms with van der Waals surface area (Å²) in [5.41, 5.74) is 0. The normalized spacial score (nSPS) is 20.0. The SMILES string of the molecule is CCCCCCCCCCCCC/C=C/C(O)C(COC1OC(CO)C(O)C(O)C1O)NC(=O)C(O)CCCCCCCCCCCCCCCCC/C=C\CCCCCCCCCCCCCC. The molecule has 0 spiro atoms. The Morgan fingerprint density at radius 3 is 1.22 bits per heavy atom. The van der Waals surface area contributed by atoms with E-state index in [1.54, 1.807) is 6.08 Å². The van der Waals surface area contributed by atoms with Crippen molar-refractivity contribution < 1.29 is 44.9 Å². The summed E-state index contributed by atoms with van der Waals surface area (Å²) in [6.45, 7) is 3.63. The molecule has 1 heterocycles. The van der Waals surface area contributed by atoms with Gasteiger partial charge in [0.1, 0.15) is 30.5 Å². The molecule has 0 aromatic heterocycles. The second-order valence-corrected chi connectivity index (χ2v) is 20.9. The first-order valence-corrected chi connectivity index (χ1v) is 29.7. The fraction of sp³-hybridized carbons (Fsp3) is 0.915. The molecule has 8 unspecified atom stereocenters. The Bertz CT molecular complexity index is 1150. The van der Waals surface area contributed by atoms with Crippen LogP contribution in [0.2, 0.25) is 0 Å². The maximum absolute atomic E-state index is 13.1. The van der Waals surface area contributed by atoms with E-state index in [-0.39, 0.29) is 6.61 Å². The zero-order valence-electron chi connectivity index (χ0n) is 44.9. The first-order chi connectivity index (χ1) is 33.8. The summed E-state index contributed by atoms with van der Waals surface area (Å²) in [4.78, 5) is 13.1. The first kappa shape index (κ1) is 65.6. The number of carbonyl (C=O) groups excluding carboxylic acids is 1. The molecule has 0 bridgehead atoms. The minimum Gasteiger partial charge on any atom is -0.394 e. The van der Waals surface area contributed by atoms with Crippen molar-refractivity contribution in [2.45, 2.75) is 332 Å². The quantitative estimate of drug-likeness (QED) is 0.0232. The van der Waals surface area contributed by atoms with E-state index in [0.29, 0.717) is 6.42 Å². The largest absolute Gasteiger partial charge is 0.394 e. The van der Waals surface area contributed by atoms with Gasteiger partial charge in [0.2, 0.25) is 5.91 Å². The lowest BCUT2D eigenvalue weighted by Crippen LogP contribution is -2.60. The monoisotopic (exact) mass is 980 g/mol. The Hall–Kier alpha value is -1.37. The van der Waals surface area contributed by atoms with E-state index >= 15 is 0 Å². The van der Waals surface area contributed by atoms with Gasteiger partial charge in [-0.05, 0) is 44.9 Å². The lowest BCUT2D eigenvalue weighted by atomic mass is 9.99. The lowest BCUT2D eigenvalue weighted by molar-refractivity contribution is -0.302. The number of hydrogen-bond acceptors (Lipinski definition) is 9. The molecule has 1 rings (SSSR count). The number of unbranched alkanes of at least 4 members (excludes halogenated alkanes) is 38. The number of aliphatic hydroxyl groups excluding tert-OH is 6. The fourth-order valence-corrected chi connectivity index (χ4v) is 9.57. The zero-order valence-corrected chi connectivity index (χ0v) is 44.9. The number of rotatable bonds is 51. The van der Waals surface area contributed by atoms with Crippen LogP contribution in [0.25, 0.3) is 0 Å². The van der Waals surface area contributed by atoms with Crippen molar-refractivity contribution in [2.24, 2.45) is 0 Å². The Morgan fingerprint density at radius 2 is 0.841 bits per heavy atom. The van der Waals surface area contributed by atoms with E-state index in [2.05, 4.69) is 31.3 Å². The van der Waals surface area contributed by atoms with Gasteiger partial charge in [-0.1, -0.05) is 263 Å². The zero-order chi connectivity index (χ0) is 50.3. The molecule has 1 aliphatic heterocycles. The summed E-state index contributed by atoms with van der Waals surface area (Å²) < 4.78 is 11.2. The summed E-state index contributed by atoms with van der Waals surface area (Å²) in [7, 11) is 0. The third-order valence-corrected chi connectivity index (χ3v) is 14.4. The number of allylic oxidation sites excluding steroid dienone is 3. The molecule has 7 N–H and O–H groups in total. The van der Waals surface area contributed by atoms with Crippen LogP contribution < -0.4 is 5.32 Å². The van der Waals surface area contributed by atoms with E-state index in [1.807, 2.05) is 6.08 Å². The predicted octanol–water partition coefficient (Wildman–Crippen LogP) is 13.5. The van der Waals surface area contributed by atoms with Crippen molar-refractivity contribution >= 4 is 5.91 Å². The minimum absolute atomic E-state index is 0.303. The van der Waals surface area contributed by atoms with Crippen LogP contribution in [0, 0.1) is 0 Å². The van der Waals surface area contributed by atoms with E-state index < -0.39 is 61.5 Å². The summed E-state index contributed by atoms with van der Waals surface area (Å²) in [5, 5.41) is 64.9. The van der Waals surface area contributed by atoms with Gasteiger partial charge in [-0.2, -0.15) is 0 Å². The van der Waals surface area contributed by atoms with Crippen LogP contribution in [-0.2, 0) is 14.3 Å². The minimum atomic E-state index is -1.61. The van der Waals surface area contributed by atoms with Gasteiger partial charge >= 0.3 is 0 Å². The fourth-order valence-electron chi connectivity index (χ4n) is 9.57. The second kappa shape index (κ2) is 48.9. The third kappa shape index (κ3) is 38.0. The van der Waals surface area contributed by atoms with Crippen LogP contribution >= 0.6 is 0 Å². The van der Waals surface area contributed by atoms with Gasteiger partial charge in [-0.15, -0.1) is 0 Å². The van der Waals surface area contributed by atoms with Crippen molar-refractivity contribution in [3.05, 3.63) is 24.3 Å². The Kier molecular flexibility index (Phi) is 46.5. The van der Waals surface area contributed by atoms with Gasteiger partial charge in [0, 0.05) is 0 Å². The Balaban J connectivity index is 2.16. The highest BCUT2D eigenvalue weighted by molar-refractivity contribution is 5.80. The van der Waals surface area contributed by atoms with Crippen LogP contribution in [0.1, 0.15) is 284 Å². The molecular weight excluding hydrogens is 867 g/mol. The van der Waals surface area contributed by atoms with Crippen LogP contribution in [-0.4, -0.2) is 98.7 Å². The van der Waals surface area contributed by atoms with Gasteiger partial charge in [0.25, 0.3) is 0 Å². The van der Waals surface area contributed by atoms with Crippen LogP contribution in [0.5, 0.6) is 0 Å². The molecule has 1 fully saturated rings. The average Bonchev–Trinajstić information content (AvgIpc) is 3.35. The molecular formula is C59H113NO9. The van der Waals surface area contributed by atoms with E-state index in [4.69, 9.17) is 9.47 Å². The van der Waals surface area contributed by atoms with Crippen molar-refractivity contribution in [1.82, 2.24) is 5.32 Å². The molecule has 8 atom stereocenters. The summed E-state index contributed by atoms with van der Waals surface area (Å²) in [6, 6.07) is -0.978. The van der Waals surface area contributed by atoms with Crippen molar-refractivity contribution in [3.8, 4) is 0 Å². The number of ether oxygens (including phenoxy) is 2. The molecule has 1 amide bonds. The van der Waals surface area contributed by atoms with Gasteiger partial charge in [-0.3, -0.25) is 4.79 Å². The average molecular weight is 981 g/mol. The number of aliphatic hydroxyl groups is 6. The standard InChI is InChI=1S/C59H113NO9/c1-3-5-7-9-11-13-15-17-18-19-20-21-22-23-24-25-26-27-28-29-30-31-32-33-34-36-38-40-42-44-46-48-53(63)58(67)60-51(50-68-59-57(66)56(65)55(64)54(49-61)69-59)52(62)47-45-43-41-39-37-35-16-14-12-10-8-6-4-2/h23-24,45,47,51-57,59,61-66H,3-22,25-44,46,48-50H2,1-2H3,(H,60,67)/b24-23-,47-45+. The first-order valence-electron chi connectivity index (χ1n) is 29.7. The topological polar surface area (TPSA) is 169 Å². The lowest BCUT2D eigenvalue weighted by Gasteiger charge is -2.40. The number of amides is 1. The molecule has 1 saturated heterocycles. The van der Waals surface area contributed by atoms with Crippen molar-refractivity contribution in [1.29, 1.82) is 0 Å². The van der Waals surface area contributed by atoms with Gasteiger partial charge in [0.15, 0.2) is 6.29 Å². The highest BCUT2D eigenvalue weighted by atomic mass is 16.7. The summed E-state index contributed by atoms with van der Waals surface area (Å²) >= 11 is 0. The van der Waals surface area contributed by atoms with Gasteiger partial charge < -0.3 is 45.4 Å². The number of hydrogen-bond donors (Lipinski definition) is 7. The predicted molar refractivity (Wildman–Crippen MR) is 287 cm³/mol. The molecule has 1 aliphatic rings. The summed E-state index contributed by atoms with van der Waals surface area (Å²) in [6.07, 6.45) is 51.6. The van der Waals surface area contributed by atoms with E-state index in [0.717, 1.165) is 44.9 Å². The maximum atomic E-state index is 13.1. The molecule has 0 aromatic carbocycles. The second-order valence-electron chi connectivity index (χ2n) is 20.9. The highest BCUT2D eigenvalue weighted by Crippen LogP contribution is 2.23. The van der Waals surface area contributed by atoms with E-state index in [1.165, 1.54) is 218 Å².